The van der Waals surface area contributed by atoms with Crippen LogP contribution in [0.4, 0.5) is 5.69 Å². The minimum atomic E-state index is -3.66. The fourth-order valence-electron chi connectivity index (χ4n) is 3.61. The van der Waals surface area contributed by atoms with E-state index in [9.17, 15) is 8.42 Å². The number of hydrogen-bond donors (Lipinski definition) is 1. The second-order valence-electron chi connectivity index (χ2n) is 6.48. The van der Waals surface area contributed by atoms with Crippen LogP contribution >= 0.6 is 0 Å². The molecular weight excluding hydrogens is 340 g/mol. The predicted molar refractivity (Wildman–Crippen MR) is 93.9 cm³/mol. The molecule has 2 aliphatic rings. The standard InChI is InChI=1S/C17H22N4O3S/c18-9-14-4-1-3-13-5-2-7-21(17(13)14)25(22,23)16-10-19-20(11-16)15-6-8-24-12-15/h1,3-4,10-11,15H,2,5-9,12,18H2. The van der Waals surface area contributed by atoms with E-state index >= 15 is 0 Å². The Hall–Kier alpha value is -1.90. The summed E-state index contributed by atoms with van der Waals surface area (Å²) in [7, 11) is -3.66. The average Bonchev–Trinajstić information content (AvgIpc) is 3.31. The Morgan fingerprint density at radius 1 is 1.36 bits per heavy atom. The van der Waals surface area contributed by atoms with Gasteiger partial charge in [-0.2, -0.15) is 5.10 Å². The molecule has 8 heteroatoms. The number of nitrogens with two attached hydrogens (primary N) is 1. The number of aromatic nitrogens is 2. The molecule has 3 heterocycles. The molecule has 1 saturated heterocycles. The third-order valence-corrected chi connectivity index (χ3v) is 6.68. The summed E-state index contributed by atoms with van der Waals surface area (Å²) >= 11 is 0. The fraction of sp³-hybridized carbons (Fsp3) is 0.471. The van der Waals surface area contributed by atoms with Crippen molar-refractivity contribution in [2.24, 2.45) is 5.73 Å². The predicted octanol–water partition coefficient (Wildman–Crippen LogP) is 1.44. The Morgan fingerprint density at radius 2 is 2.24 bits per heavy atom. The zero-order valence-corrected chi connectivity index (χ0v) is 14.8. The van der Waals surface area contributed by atoms with E-state index in [1.54, 1.807) is 10.9 Å². The van der Waals surface area contributed by atoms with E-state index in [4.69, 9.17) is 10.5 Å². The fourth-order valence-corrected chi connectivity index (χ4v) is 5.13. The highest BCUT2D eigenvalue weighted by Gasteiger charge is 2.32. The van der Waals surface area contributed by atoms with Gasteiger partial charge < -0.3 is 10.5 Å². The number of fused-ring (bicyclic) bond motifs is 1. The first-order valence-electron chi connectivity index (χ1n) is 8.57. The number of anilines is 1. The van der Waals surface area contributed by atoms with Crippen molar-refractivity contribution in [1.82, 2.24) is 9.78 Å². The number of benzene rings is 1. The van der Waals surface area contributed by atoms with E-state index in [2.05, 4.69) is 5.10 Å². The van der Waals surface area contributed by atoms with Crippen molar-refractivity contribution < 1.29 is 13.2 Å². The number of hydrogen-bond acceptors (Lipinski definition) is 5. The van der Waals surface area contributed by atoms with Crippen molar-refractivity contribution in [1.29, 1.82) is 0 Å². The zero-order chi connectivity index (χ0) is 17.4. The molecular formula is C17H22N4O3S. The van der Waals surface area contributed by atoms with Crippen LogP contribution in [0.15, 0.2) is 35.5 Å². The molecule has 2 aromatic rings. The minimum absolute atomic E-state index is 0.109. The van der Waals surface area contributed by atoms with Crippen molar-refractivity contribution in [3.05, 3.63) is 41.7 Å². The number of ether oxygens (including phenoxy) is 1. The normalized spacial score (nSPS) is 20.7. The summed E-state index contributed by atoms with van der Waals surface area (Å²) in [6.07, 6.45) is 5.57. The lowest BCUT2D eigenvalue weighted by atomic mass is 9.99. The molecule has 1 unspecified atom stereocenters. The summed E-state index contributed by atoms with van der Waals surface area (Å²) in [6.45, 7) is 2.04. The monoisotopic (exact) mass is 362 g/mol. The minimum Gasteiger partial charge on any atom is -0.379 e. The van der Waals surface area contributed by atoms with Gasteiger partial charge in [0.05, 0.1) is 24.5 Å². The van der Waals surface area contributed by atoms with Crippen molar-refractivity contribution in [3.63, 3.8) is 0 Å². The lowest BCUT2D eigenvalue weighted by Crippen LogP contribution is -2.36. The smallest absolute Gasteiger partial charge is 0.267 e. The number of sulfonamides is 1. The molecule has 1 fully saturated rings. The summed E-state index contributed by atoms with van der Waals surface area (Å²) in [5.74, 6) is 0. The van der Waals surface area contributed by atoms with Crippen LogP contribution in [0.1, 0.15) is 30.0 Å². The van der Waals surface area contributed by atoms with E-state index < -0.39 is 10.0 Å². The molecule has 1 aromatic carbocycles. The highest BCUT2D eigenvalue weighted by atomic mass is 32.2. The van der Waals surface area contributed by atoms with Crippen molar-refractivity contribution in [3.8, 4) is 0 Å². The molecule has 0 radical (unpaired) electrons. The van der Waals surface area contributed by atoms with E-state index in [1.165, 1.54) is 10.5 Å². The van der Waals surface area contributed by atoms with Gasteiger partial charge in [-0.1, -0.05) is 18.2 Å². The van der Waals surface area contributed by atoms with E-state index in [-0.39, 0.29) is 10.9 Å². The van der Waals surface area contributed by atoms with Gasteiger partial charge in [-0.25, -0.2) is 8.42 Å². The van der Waals surface area contributed by atoms with Gasteiger partial charge >= 0.3 is 0 Å². The molecule has 7 nitrogen and oxygen atoms in total. The van der Waals surface area contributed by atoms with E-state index in [1.807, 2.05) is 18.2 Å². The Morgan fingerprint density at radius 3 is 3.00 bits per heavy atom. The molecule has 0 bridgehead atoms. The summed E-state index contributed by atoms with van der Waals surface area (Å²) < 4.78 is 35.1. The first-order chi connectivity index (χ1) is 12.1. The Kier molecular flexibility index (Phi) is 4.26. The molecule has 1 aromatic heterocycles. The molecule has 0 spiro atoms. The van der Waals surface area contributed by atoms with Crippen LogP contribution < -0.4 is 10.0 Å². The number of nitrogens with zero attached hydrogens (tertiary/aromatic N) is 3. The van der Waals surface area contributed by atoms with Crippen LogP contribution in [0, 0.1) is 0 Å². The maximum Gasteiger partial charge on any atom is 0.267 e. The van der Waals surface area contributed by atoms with Gasteiger partial charge in [0.2, 0.25) is 0 Å². The lowest BCUT2D eigenvalue weighted by molar-refractivity contribution is 0.184. The van der Waals surface area contributed by atoms with Gasteiger partial charge in [0.15, 0.2) is 0 Å². The molecule has 0 aliphatic carbocycles. The molecule has 1 atom stereocenters. The quantitative estimate of drug-likeness (QED) is 0.889. The Balaban J connectivity index is 1.72. The lowest BCUT2D eigenvalue weighted by Gasteiger charge is -2.32. The molecule has 2 N–H and O–H groups in total. The van der Waals surface area contributed by atoms with Crippen molar-refractivity contribution in [2.45, 2.75) is 36.7 Å². The van der Waals surface area contributed by atoms with E-state index in [0.717, 1.165) is 36.1 Å². The number of para-hydroxylation sites is 1. The van der Waals surface area contributed by atoms with Gasteiger partial charge in [0.1, 0.15) is 4.90 Å². The van der Waals surface area contributed by atoms with Crippen molar-refractivity contribution >= 4 is 15.7 Å². The molecule has 25 heavy (non-hydrogen) atoms. The zero-order valence-electron chi connectivity index (χ0n) is 14.0. The molecule has 134 valence electrons. The largest absolute Gasteiger partial charge is 0.379 e. The molecule has 4 rings (SSSR count). The van der Waals surface area contributed by atoms with Gasteiger partial charge in [-0.3, -0.25) is 8.99 Å². The summed E-state index contributed by atoms with van der Waals surface area (Å²) in [5, 5.41) is 4.26. The maximum atomic E-state index is 13.2. The number of rotatable bonds is 4. The van der Waals surface area contributed by atoms with Gasteiger partial charge in [-0.05, 0) is 30.4 Å². The summed E-state index contributed by atoms with van der Waals surface area (Å²) in [6, 6.07) is 5.92. The van der Waals surface area contributed by atoms with Crippen LogP contribution in [0.25, 0.3) is 0 Å². The first-order valence-corrected chi connectivity index (χ1v) is 10.0. The van der Waals surface area contributed by atoms with Crippen molar-refractivity contribution in [2.75, 3.05) is 24.1 Å². The SMILES string of the molecule is NCc1cccc2c1N(S(=O)(=O)c1cnn(C3CCOC3)c1)CCC2. The van der Waals surface area contributed by atoms with Gasteiger partial charge in [0, 0.05) is 25.9 Å². The van der Waals surface area contributed by atoms with Gasteiger partial charge in [-0.15, -0.1) is 0 Å². The Bertz CT molecular complexity index is 858. The topological polar surface area (TPSA) is 90.5 Å². The third-order valence-electron chi connectivity index (χ3n) is 4.93. The second kappa shape index (κ2) is 6.44. The van der Waals surface area contributed by atoms with Crippen LogP contribution in [-0.2, 0) is 27.7 Å². The average molecular weight is 362 g/mol. The molecule has 2 aliphatic heterocycles. The molecule has 0 saturated carbocycles. The summed E-state index contributed by atoms with van der Waals surface area (Å²) in [5.41, 5.74) is 8.49. The third kappa shape index (κ3) is 2.84. The first kappa shape index (κ1) is 16.6. The van der Waals surface area contributed by atoms with E-state index in [0.29, 0.717) is 26.3 Å². The second-order valence-corrected chi connectivity index (χ2v) is 8.35. The Labute approximate surface area is 147 Å². The van der Waals surface area contributed by atoms with Crippen LogP contribution in [0.3, 0.4) is 0 Å². The summed E-state index contributed by atoms with van der Waals surface area (Å²) in [4.78, 5) is 0.221. The van der Waals surface area contributed by atoms with Crippen LogP contribution in [-0.4, -0.2) is 38.0 Å². The van der Waals surface area contributed by atoms with Crippen LogP contribution in [0.2, 0.25) is 0 Å². The molecule has 0 amide bonds. The highest BCUT2D eigenvalue weighted by Crippen LogP contribution is 2.35. The van der Waals surface area contributed by atoms with Gasteiger partial charge in [0.25, 0.3) is 10.0 Å². The highest BCUT2D eigenvalue weighted by molar-refractivity contribution is 7.92. The van der Waals surface area contributed by atoms with Crippen LogP contribution in [0.5, 0.6) is 0 Å². The maximum absolute atomic E-state index is 13.2. The number of aryl methyl sites for hydroxylation is 1.